The van der Waals surface area contributed by atoms with Crippen molar-refractivity contribution < 1.29 is 4.79 Å². The summed E-state index contributed by atoms with van der Waals surface area (Å²) in [5, 5.41) is 7.44. The average Bonchev–Trinajstić information content (AvgIpc) is 2.77. The molecule has 1 heterocycles. The third-order valence-corrected chi connectivity index (χ3v) is 5.60. The van der Waals surface area contributed by atoms with E-state index in [0.717, 1.165) is 35.2 Å². The number of unbranched alkanes of at least 4 members (excludes halogenated alkanes) is 1. The maximum atomic E-state index is 12.5. The first-order valence-electron chi connectivity index (χ1n) is 10.7. The van der Waals surface area contributed by atoms with Crippen molar-refractivity contribution in [2.45, 2.75) is 46.1 Å². The summed E-state index contributed by atoms with van der Waals surface area (Å²) >= 11 is 5.23. The molecule has 1 atom stereocenters. The fraction of sp³-hybridized carbons (Fsp3) is 0.375. The minimum Gasteiger partial charge on any atom is -0.365 e. The molecule has 2 aromatic carbocycles. The molecule has 1 unspecified atom stereocenters. The summed E-state index contributed by atoms with van der Waals surface area (Å²) in [6.45, 7) is 5.73. The van der Waals surface area contributed by atoms with Crippen LogP contribution in [-0.4, -0.2) is 22.4 Å². The maximum Gasteiger partial charge on any atom is 0.251 e. The summed E-state index contributed by atoms with van der Waals surface area (Å²) in [4.78, 5) is 20.0. The molecule has 0 aliphatic rings. The molecule has 0 radical (unpaired) electrons. The van der Waals surface area contributed by atoms with Gasteiger partial charge in [0.1, 0.15) is 5.82 Å². The number of benzene rings is 2. The SMILES string of the molecule is CCCCC(CC)CNC(=O)c1ccc(CNc2nc(=S)[nH]c3ccccc23)cc1. The second-order valence-electron chi connectivity index (χ2n) is 7.61. The predicted molar refractivity (Wildman–Crippen MR) is 126 cm³/mol. The highest BCUT2D eigenvalue weighted by molar-refractivity contribution is 7.71. The Morgan fingerprint density at radius 2 is 1.90 bits per heavy atom. The van der Waals surface area contributed by atoms with Gasteiger partial charge in [0.15, 0.2) is 4.77 Å². The lowest BCUT2D eigenvalue weighted by molar-refractivity contribution is 0.0946. The number of anilines is 1. The second-order valence-corrected chi connectivity index (χ2v) is 8.00. The fourth-order valence-electron chi connectivity index (χ4n) is 3.48. The van der Waals surface area contributed by atoms with Gasteiger partial charge in [0, 0.05) is 24.0 Å². The number of carbonyl (C=O) groups is 1. The van der Waals surface area contributed by atoms with Crippen LogP contribution in [0, 0.1) is 10.7 Å². The van der Waals surface area contributed by atoms with Gasteiger partial charge in [-0.1, -0.05) is 57.4 Å². The molecule has 0 spiro atoms. The molecule has 3 N–H and O–H groups in total. The Morgan fingerprint density at radius 3 is 2.63 bits per heavy atom. The number of hydrogen-bond donors (Lipinski definition) is 3. The third-order valence-electron chi connectivity index (χ3n) is 5.41. The minimum atomic E-state index is -0.00790. The maximum absolute atomic E-state index is 12.5. The molecular weight excluding hydrogens is 392 g/mol. The molecule has 1 amide bonds. The van der Waals surface area contributed by atoms with Crippen molar-refractivity contribution in [3.63, 3.8) is 0 Å². The number of nitrogens with zero attached hydrogens (tertiary/aromatic N) is 1. The number of fused-ring (bicyclic) bond motifs is 1. The molecule has 5 nitrogen and oxygen atoms in total. The number of carbonyl (C=O) groups excluding carboxylic acids is 1. The van der Waals surface area contributed by atoms with Gasteiger partial charge in [-0.25, -0.2) is 4.98 Å². The summed E-state index contributed by atoms with van der Waals surface area (Å²) < 4.78 is 0.451. The summed E-state index contributed by atoms with van der Waals surface area (Å²) in [7, 11) is 0. The van der Waals surface area contributed by atoms with Crippen molar-refractivity contribution in [1.29, 1.82) is 0 Å². The first-order valence-corrected chi connectivity index (χ1v) is 11.1. The Hall–Kier alpha value is -2.73. The normalized spacial score (nSPS) is 11.9. The molecule has 6 heteroatoms. The molecule has 0 bridgehead atoms. The van der Waals surface area contributed by atoms with Crippen LogP contribution in [0.25, 0.3) is 10.9 Å². The Morgan fingerprint density at radius 1 is 1.13 bits per heavy atom. The number of rotatable bonds is 10. The van der Waals surface area contributed by atoms with Crippen LogP contribution in [0.2, 0.25) is 0 Å². The third kappa shape index (κ3) is 5.89. The molecule has 0 aliphatic carbocycles. The summed E-state index contributed by atoms with van der Waals surface area (Å²) in [5.41, 5.74) is 2.72. The van der Waals surface area contributed by atoms with Crippen LogP contribution in [0.15, 0.2) is 48.5 Å². The molecule has 3 aromatic rings. The van der Waals surface area contributed by atoms with Crippen LogP contribution in [-0.2, 0) is 6.54 Å². The monoisotopic (exact) mass is 422 g/mol. The summed E-state index contributed by atoms with van der Waals surface area (Å²) in [5.74, 6) is 1.30. The van der Waals surface area contributed by atoms with Crippen molar-refractivity contribution in [2.75, 3.05) is 11.9 Å². The number of hydrogen-bond acceptors (Lipinski definition) is 4. The minimum absolute atomic E-state index is 0.00790. The number of nitrogens with one attached hydrogen (secondary N) is 3. The highest BCUT2D eigenvalue weighted by Gasteiger charge is 2.10. The zero-order valence-corrected chi connectivity index (χ0v) is 18.5. The van der Waals surface area contributed by atoms with E-state index in [0.29, 0.717) is 22.8 Å². The predicted octanol–water partition coefficient (Wildman–Crippen LogP) is 5.85. The number of H-pyrrole nitrogens is 1. The van der Waals surface area contributed by atoms with Crippen molar-refractivity contribution in [1.82, 2.24) is 15.3 Å². The summed E-state index contributed by atoms with van der Waals surface area (Å²) in [6.07, 6.45) is 4.67. The van der Waals surface area contributed by atoms with E-state index in [1.165, 1.54) is 19.3 Å². The van der Waals surface area contributed by atoms with Crippen LogP contribution >= 0.6 is 12.2 Å². The highest BCUT2D eigenvalue weighted by atomic mass is 32.1. The van der Waals surface area contributed by atoms with Gasteiger partial charge in [-0.3, -0.25) is 4.79 Å². The largest absolute Gasteiger partial charge is 0.365 e. The lowest BCUT2D eigenvalue weighted by Gasteiger charge is -2.15. The second kappa shape index (κ2) is 10.9. The zero-order chi connectivity index (χ0) is 21.3. The Kier molecular flexibility index (Phi) is 7.97. The van der Waals surface area contributed by atoms with E-state index < -0.39 is 0 Å². The van der Waals surface area contributed by atoms with Crippen molar-refractivity contribution in [3.8, 4) is 0 Å². The highest BCUT2D eigenvalue weighted by Crippen LogP contribution is 2.20. The van der Waals surface area contributed by atoms with E-state index in [2.05, 4.69) is 34.4 Å². The molecule has 0 saturated carbocycles. The van der Waals surface area contributed by atoms with Crippen molar-refractivity contribution >= 4 is 34.8 Å². The lowest BCUT2D eigenvalue weighted by atomic mass is 9.99. The lowest BCUT2D eigenvalue weighted by Crippen LogP contribution is -2.29. The van der Waals surface area contributed by atoms with Crippen molar-refractivity contribution in [2.24, 2.45) is 5.92 Å². The van der Waals surface area contributed by atoms with Crippen LogP contribution in [0.3, 0.4) is 0 Å². The average molecular weight is 423 g/mol. The van der Waals surface area contributed by atoms with E-state index in [-0.39, 0.29) is 5.91 Å². The Labute approximate surface area is 183 Å². The van der Waals surface area contributed by atoms with Gasteiger partial charge in [0.25, 0.3) is 5.91 Å². The molecule has 0 fully saturated rings. The molecule has 0 aliphatic heterocycles. The first-order chi connectivity index (χ1) is 14.6. The quantitative estimate of drug-likeness (QED) is 0.358. The Bertz CT molecular complexity index is 1030. The number of para-hydroxylation sites is 1. The van der Waals surface area contributed by atoms with Crippen LogP contribution in [0.5, 0.6) is 0 Å². The molecule has 0 saturated heterocycles. The van der Waals surface area contributed by atoms with Gasteiger partial charge < -0.3 is 15.6 Å². The van der Waals surface area contributed by atoms with Gasteiger partial charge in [-0.15, -0.1) is 0 Å². The number of aromatic nitrogens is 2. The molecule has 1 aromatic heterocycles. The van der Waals surface area contributed by atoms with Crippen molar-refractivity contribution in [3.05, 3.63) is 64.4 Å². The van der Waals surface area contributed by atoms with E-state index >= 15 is 0 Å². The zero-order valence-electron chi connectivity index (χ0n) is 17.7. The fourth-order valence-corrected chi connectivity index (χ4v) is 3.68. The molecule has 30 heavy (non-hydrogen) atoms. The molecular formula is C24H30N4OS. The smallest absolute Gasteiger partial charge is 0.251 e. The van der Waals surface area contributed by atoms with E-state index in [9.17, 15) is 4.79 Å². The van der Waals surface area contributed by atoms with Crippen LogP contribution < -0.4 is 10.6 Å². The number of aromatic amines is 1. The number of amides is 1. The van der Waals surface area contributed by atoms with Gasteiger partial charge in [-0.05, 0) is 54.4 Å². The summed E-state index contributed by atoms with van der Waals surface area (Å²) in [6, 6.07) is 15.6. The Balaban J connectivity index is 1.58. The first kappa shape index (κ1) is 22.0. The molecule has 158 valence electrons. The topological polar surface area (TPSA) is 69.8 Å². The van der Waals surface area contributed by atoms with E-state index in [4.69, 9.17) is 12.2 Å². The van der Waals surface area contributed by atoms with Gasteiger partial charge in [-0.2, -0.15) is 0 Å². The standard InChI is InChI=1S/C24H30N4OS/c1-3-5-8-17(4-2)15-26-23(29)19-13-11-18(12-14-19)16-25-22-20-9-6-7-10-21(20)27-24(30)28-22/h6-7,9-14,17H,3-5,8,15-16H2,1-2H3,(H,26,29)(H2,25,27,28,30). The van der Waals surface area contributed by atoms with Gasteiger partial charge >= 0.3 is 0 Å². The molecule has 3 rings (SSSR count). The van der Waals surface area contributed by atoms with Crippen LogP contribution in [0.4, 0.5) is 5.82 Å². The van der Waals surface area contributed by atoms with Gasteiger partial charge in [0.05, 0.1) is 5.52 Å². The van der Waals surface area contributed by atoms with Gasteiger partial charge in [0.2, 0.25) is 0 Å². The van der Waals surface area contributed by atoms with E-state index in [1.807, 2.05) is 48.5 Å². The van der Waals surface area contributed by atoms with Crippen LogP contribution in [0.1, 0.15) is 55.5 Å². The van der Waals surface area contributed by atoms with E-state index in [1.54, 1.807) is 0 Å².